The molecule has 2 aromatic heterocycles. The number of benzene rings is 2. The average Bonchev–Trinajstić information content (AvgIpc) is 3.02. The minimum atomic E-state index is 0.729. The number of hydrogen-bond acceptors (Lipinski definition) is 2. The maximum absolute atomic E-state index is 5.99. The van der Waals surface area contributed by atoms with Crippen LogP contribution in [0.2, 0.25) is 5.02 Å². The SMILES string of the molecule is Clc1ccc2c(-c3ccc4ocnc4c3)c[nH]c2c1. The van der Waals surface area contributed by atoms with Crippen molar-refractivity contribution in [2.45, 2.75) is 0 Å². The molecular weight excluding hydrogens is 260 g/mol. The van der Waals surface area contributed by atoms with E-state index in [4.69, 9.17) is 16.0 Å². The van der Waals surface area contributed by atoms with Gasteiger partial charge in [0, 0.05) is 27.7 Å². The molecule has 4 rings (SSSR count). The molecule has 92 valence electrons. The minimum absolute atomic E-state index is 0.729. The monoisotopic (exact) mass is 268 g/mol. The Morgan fingerprint density at radius 1 is 1.11 bits per heavy atom. The fourth-order valence-corrected chi connectivity index (χ4v) is 2.53. The van der Waals surface area contributed by atoms with Crippen molar-refractivity contribution >= 4 is 33.6 Å². The Hall–Kier alpha value is -2.26. The van der Waals surface area contributed by atoms with Crippen molar-refractivity contribution in [1.29, 1.82) is 0 Å². The van der Waals surface area contributed by atoms with E-state index >= 15 is 0 Å². The van der Waals surface area contributed by atoms with Crippen LogP contribution in [0.5, 0.6) is 0 Å². The van der Waals surface area contributed by atoms with Gasteiger partial charge in [0.1, 0.15) is 5.52 Å². The van der Waals surface area contributed by atoms with E-state index in [0.717, 1.165) is 38.2 Å². The standard InChI is InChI=1S/C15H9ClN2O/c16-10-2-3-11-12(7-17-13(11)6-10)9-1-4-15-14(5-9)18-8-19-15/h1-8,17H. The van der Waals surface area contributed by atoms with Crippen molar-refractivity contribution in [1.82, 2.24) is 9.97 Å². The highest BCUT2D eigenvalue weighted by Gasteiger charge is 2.08. The Labute approximate surface area is 113 Å². The first-order valence-electron chi connectivity index (χ1n) is 5.91. The largest absolute Gasteiger partial charge is 0.443 e. The molecule has 4 aromatic rings. The predicted molar refractivity (Wildman–Crippen MR) is 76.3 cm³/mol. The highest BCUT2D eigenvalue weighted by molar-refractivity contribution is 6.31. The third-order valence-corrected chi connectivity index (χ3v) is 3.52. The summed E-state index contributed by atoms with van der Waals surface area (Å²) in [6.45, 7) is 0. The molecule has 0 saturated carbocycles. The molecule has 0 unspecified atom stereocenters. The van der Waals surface area contributed by atoms with Gasteiger partial charge in [0.15, 0.2) is 12.0 Å². The topological polar surface area (TPSA) is 41.8 Å². The molecule has 0 bridgehead atoms. The molecule has 19 heavy (non-hydrogen) atoms. The molecule has 0 spiro atoms. The number of fused-ring (bicyclic) bond motifs is 2. The molecule has 0 aliphatic carbocycles. The number of hydrogen-bond donors (Lipinski definition) is 1. The average molecular weight is 269 g/mol. The first-order valence-corrected chi connectivity index (χ1v) is 6.29. The van der Waals surface area contributed by atoms with Crippen molar-refractivity contribution in [2.75, 3.05) is 0 Å². The number of oxazole rings is 1. The highest BCUT2D eigenvalue weighted by atomic mass is 35.5. The Morgan fingerprint density at radius 3 is 3.00 bits per heavy atom. The summed E-state index contributed by atoms with van der Waals surface area (Å²) in [4.78, 5) is 7.43. The van der Waals surface area contributed by atoms with Gasteiger partial charge in [0.05, 0.1) is 0 Å². The van der Waals surface area contributed by atoms with E-state index in [1.165, 1.54) is 6.39 Å². The summed E-state index contributed by atoms with van der Waals surface area (Å²) in [7, 11) is 0. The number of H-pyrrole nitrogens is 1. The van der Waals surface area contributed by atoms with Crippen molar-refractivity contribution in [2.24, 2.45) is 0 Å². The number of rotatable bonds is 1. The van der Waals surface area contributed by atoms with E-state index < -0.39 is 0 Å². The third-order valence-electron chi connectivity index (χ3n) is 3.29. The molecule has 0 radical (unpaired) electrons. The summed E-state index contributed by atoms with van der Waals surface area (Å²) in [5, 5.41) is 1.88. The fourth-order valence-electron chi connectivity index (χ4n) is 2.36. The van der Waals surface area contributed by atoms with Gasteiger partial charge in [-0.3, -0.25) is 0 Å². The van der Waals surface area contributed by atoms with Crippen molar-refractivity contribution in [3.63, 3.8) is 0 Å². The van der Waals surface area contributed by atoms with E-state index in [9.17, 15) is 0 Å². The molecule has 0 fully saturated rings. The van der Waals surface area contributed by atoms with Crippen LogP contribution >= 0.6 is 11.6 Å². The molecule has 0 aliphatic heterocycles. The third kappa shape index (κ3) is 1.63. The lowest BCUT2D eigenvalue weighted by Gasteiger charge is -1.99. The minimum Gasteiger partial charge on any atom is -0.443 e. The lowest BCUT2D eigenvalue weighted by Crippen LogP contribution is -1.76. The smallest absolute Gasteiger partial charge is 0.181 e. The molecular formula is C15H9ClN2O. The molecule has 3 nitrogen and oxygen atoms in total. The van der Waals surface area contributed by atoms with Crippen molar-refractivity contribution in [3.05, 3.63) is 54.0 Å². The summed E-state index contributed by atoms with van der Waals surface area (Å²) in [5.74, 6) is 0. The van der Waals surface area contributed by atoms with Gasteiger partial charge in [-0.05, 0) is 29.8 Å². The summed E-state index contributed by atoms with van der Waals surface area (Å²) >= 11 is 5.99. The van der Waals surface area contributed by atoms with Crippen LogP contribution in [-0.2, 0) is 0 Å². The maximum atomic E-state index is 5.99. The van der Waals surface area contributed by atoms with Gasteiger partial charge in [-0.25, -0.2) is 4.98 Å². The first-order chi connectivity index (χ1) is 9.31. The Bertz CT molecular complexity index is 891. The van der Waals surface area contributed by atoms with E-state index in [0.29, 0.717) is 0 Å². The molecule has 1 N–H and O–H groups in total. The number of aromatic amines is 1. The zero-order valence-corrected chi connectivity index (χ0v) is 10.6. The Balaban J connectivity index is 1.97. The fraction of sp³-hybridized carbons (Fsp3) is 0. The van der Waals surface area contributed by atoms with Crippen molar-refractivity contribution < 1.29 is 4.42 Å². The van der Waals surface area contributed by atoms with Crippen LogP contribution in [0.3, 0.4) is 0 Å². The second-order valence-corrected chi connectivity index (χ2v) is 4.86. The molecule has 2 aromatic carbocycles. The summed E-state index contributed by atoms with van der Waals surface area (Å²) in [6, 6.07) is 11.8. The molecule has 0 saturated heterocycles. The van der Waals surface area contributed by atoms with Crippen LogP contribution in [0.25, 0.3) is 33.1 Å². The van der Waals surface area contributed by atoms with Crippen LogP contribution < -0.4 is 0 Å². The molecule has 4 heteroatoms. The van der Waals surface area contributed by atoms with Crippen LogP contribution in [0.1, 0.15) is 0 Å². The normalized spacial score (nSPS) is 11.4. The zero-order valence-electron chi connectivity index (χ0n) is 9.85. The molecule has 0 amide bonds. The van der Waals surface area contributed by atoms with Crippen LogP contribution in [0.15, 0.2) is 53.4 Å². The van der Waals surface area contributed by atoms with Gasteiger partial charge in [0.25, 0.3) is 0 Å². The molecule has 2 heterocycles. The summed E-state index contributed by atoms with van der Waals surface area (Å²) in [5.41, 5.74) is 4.93. The van der Waals surface area contributed by atoms with Crippen LogP contribution in [-0.4, -0.2) is 9.97 Å². The second kappa shape index (κ2) is 3.87. The van der Waals surface area contributed by atoms with E-state index in [1.807, 2.05) is 42.6 Å². The van der Waals surface area contributed by atoms with Gasteiger partial charge in [0.2, 0.25) is 0 Å². The number of halogens is 1. The number of nitrogens with zero attached hydrogens (tertiary/aromatic N) is 1. The number of nitrogens with one attached hydrogen (secondary N) is 1. The van der Waals surface area contributed by atoms with Gasteiger partial charge in [-0.2, -0.15) is 0 Å². The van der Waals surface area contributed by atoms with Gasteiger partial charge >= 0.3 is 0 Å². The van der Waals surface area contributed by atoms with Crippen LogP contribution in [0, 0.1) is 0 Å². The molecule has 0 aliphatic rings. The van der Waals surface area contributed by atoms with Gasteiger partial charge in [-0.1, -0.05) is 23.7 Å². The summed E-state index contributed by atoms with van der Waals surface area (Å²) in [6.07, 6.45) is 3.45. The van der Waals surface area contributed by atoms with E-state index in [2.05, 4.69) is 9.97 Å². The van der Waals surface area contributed by atoms with E-state index in [1.54, 1.807) is 0 Å². The Morgan fingerprint density at radius 2 is 2.05 bits per heavy atom. The zero-order chi connectivity index (χ0) is 12.8. The predicted octanol–water partition coefficient (Wildman–Crippen LogP) is 4.63. The summed E-state index contributed by atoms with van der Waals surface area (Å²) < 4.78 is 5.26. The Kier molecular flexibility index (Phi) is 2.17. The van der Waals surface area contributed by atoms with Crippen molar-refractivity contribution in [3.8, 4) is 11.1 Å². The second-order valence-electron chi connectivity index (χ2n) is 4.43. The first kappa shape index (κ1) is 10.6. The van der Waals surface area contributed by atoms with Gasteiger partial charge < -0.3 is 9.40 Å². The van der Waals surface area contributed by atoms with E-state index in [-0.39, 0.29) is 0 Å². The number of aromatic nitrogens is 2. The highest BCUT2D eigenvalue weighted by Crippen LogP contribution is 2.31. The maximum Gasteiger partial charge on any atom is 0.181 e. The lowest BCUT2D eigenvalue weighted by atomic mass is 10.0. The van der Waals surface area contributed by atoms with Gasteiger partial charge in [-0.15, -0.1) is 0 Å². The van der Waals surface area contributed by atoms with Crippen LogP contribution in [0.4, 0.5) is 0 Å². The quantitative estimate of drug-likeness (QED) is 0.547. The molecule has 0 atom stereocenters. The lowest BCUT2D eigenvalue weighted by molar-refractivity contribution is 0.602.